The van der Waals surface area contributed by atoms with Crippen LogP contribution in [-0.4, -0.2) is 59.9 Å². The highest BCUT2D eigenvalue weighted by Gasteiger charge is 2.37. The van der Waals surface area contributed by atoms with Crippen LogP contribution >= 0.6 is 0 Å². The summed E-state index contributed by atoms with van der Waals surface area (Å²) in [6, 6.07) is 11.2. The van der Waals surface area contributed by atoms with Gasteiger partial charge in [0.05, 0.1) is 11.4 Å². The summed E-state index contributed by atoms with van der Waals surface area (Å²) in [5.41, 5.74) is 6.49. The molecule has 2 aliphatic rings. The molecule has 4 aromatic rings. The van der Waals surface area contributed by atoms with E-state index in [0.29, 0.717) is 49.9 Å². The number of ether oxygens (including phenoxy) is 2. The average molecular weight is 629 g/mol. The molecule has 12 nitrogen and oxygen atoms in total. The number of benzene rings is 2. The Bertz CT molecular complexity index is 1630. The molecule has 0 spiro atoms. The quantitative estimate of drug-likeness (QED) is 0.0768. The lowest BCUT2D eigenvalue weighted by Gasteiger charge is -2.31. The molecule has 0 bridgehead atoms. The number of anilines is 2. The molecule has 2 aromatic heterocycles. The van der Waals surface area contributed by atoms with Crippen molar-refractivity contribution < 1.29 is 28.7 Å². The zero-order valence-electron chi connectivity index (χ0n) is 26.0. The second-order valence-electron chi connectivity index (χ2n) is 12.0. The van der Waals surface area contributed by atoms with Gasteiger partial charge in [0.2, 0.25) is 12.8 Å². The van der Waals surface area contributed by atoms with Gasteiger partial charge in [-0.2, -0.15) is 0 Å². The number of nitrogens with one attached hydrogen (secondary N) is 6. The fraction of sp³-hybridized carbons (Fsp3) is 0.412. The summed E-state index contributed by atoms with van der Waals surface area (Å²) in [6.07, 6.45) is 4.19. The topological polar surface area (TPSA) is 166 Å². The predicted octanol–water partition coefficient (Wildman–Crippen LogP) is 4.28. The van der Waals surface area contributed by atoms with Crippen molar-refractivity contribution in [2.75, 3.05) is 23.7 Å². The second-order valence-corrected chi connectivity index (χ2v) is 12.0. The third-order valence-electron chi connectivity index (χ3n) is 8.90. The number of esters is 2. The molecule has 2 aliphatic carbocycles. The number of carbonyl (C=O) groups is 4. The summed E-state index contributed by atoms with van der Waals surface area (Å²) < 4.78 is 11.8. The fourth-order valence-corrected chi connectivity index (χ4v) is 6.83. The summed E-state index contributed by atoms with van der Waals surface area (Å²) in [6.45, 7) is 5.78. The first-order chi connectivity index (χ1) is 22.4. The van der Waals surface area contributed by atoms with Crippen molar-refractivity contribution in [3.63, 3.8) is 0 Å². The van der Waals surface area contributed by atoms with E-state index in [1.165, 1.54) is 0 Å². The molecule has 2 heterocycles. The van der Waals surface area contributed by atoms with E-state index >= 15 is 0 Å². The van der Waals surface area contributed by atoms with Crippen molar-refractivity contribution in [3.8, 4) is 0 Å². The Hall–Kier alpha value is -4.68. The van der Waals surface area contributed by atoms with Crippen LogP contribution in [0.1, 0.15) is 74.3 Å². The van der Waals surface area contributed by atoms with Crippen molar-refractivity contribution in [1.82, 2.24) is 20.6 Å². The van der Waals surface area contributed by atoms with Crippen molar-refractivity contribution in [1.29, 1.82) is 0 Å². The molecule has 4 unspecified atom stereocenters. The lowest BCUT2D eigenvalue weighted by atomic mass is 9.89. The Kier molecular flexibility index (Phi) is 9.36. The minimum atomic E-state index is -1.05. The van der Waals surface area contributed by atoms with Gasteiger partial charge in [0.1, 0.15) is 12.2 Å². The van der Waals surface area contributed by atoms with Gasteiger partial charge in [0, 0.05) is 58.1 Å². The van der Waals surface area contributed by atoms with Gasteiger partial charge in [0.25, 0.3) is 0 Å². The van der Waals surface area contributed by atoms with Gasteiger partial charge in [-0.15, -0.1) is 0 Å². The maximum absolute atomic E-state index is 13.4. The normalized spacial score (nSPS) is 20.5. The number of rotatable bonds is 12. The molecule has 6 rings (SSSR count). The maximum Gasteiger partial charge on any atom is 0.418 e. The Morgan fingerprint density at radius 1 is 0.739 bits per heavy atom. The number of aromatic amines is 2. The van der Waals surface area contributed by atoms with Crippen LogP contribution in [0.5, 0.6) is 0 Å². The molecule has 4 atom stereocenters. The minimum absolute atomic E-state index is 0.0270. The van der Waals surface area contributed by atoms with Gasteiger partial charge in [-0.25, -0.2) is 9.59 Å². The molecule has 2 aromatic carbocycles. The van der Waals surface area contributed by atoms with Gasteiger partial charge in [0.15, 0.2) is 0 Å². The predicted molar refractivity (Wildman–Crippen MR) is 174 cm³/mol. The lowest BCUT2D eigenvalue weighted by Crippen LogP contribution is -2.39. The first-order valence-electron chi connectivity index (χ1n) is 16.0. The van der Waals surface area contributed by atoms with Crippen LogP contribution in [0.3, 0.4) is 0 Å². The number of fused-ring (bicyclic) bond motifs is 6. The third kappa shape index (κ3) is 6.35. The number of hydrogen-bond donors (Lipinski definition) is 6. The Labute approximate surface area is 266 Å². The van der Waals surface area contributed by atoms with Gasteiger partial charge >= 0.3 is 11.9 Å². The molecule has 6 N–H and O–H groups in total. The highest BCUT2D eigenvalue weighted by atomic mass is 16.6. The van der Waals surface area contributed by atoms with Crippen molar-refractivity contribution >= 4 is 57.9 Å². The monoisotopic (exact) mass is 628 g/mol. The van der Waals surface area contributed by atoms with E-state index in [1.807, 2.05) is 24.3 Å². The number of hydrogen-bond acceptors (Lipinski definition) is 8. The van der Waals surface area contributed by atoms with Gasteiger partial charge in [-0.1, -0.05) is 13.8 Å². The maximum atomic E-state index is 13.4. The molecular formula is C34H40N6O6. The second kappa shape index (κ2) is 13.8. The zero-order valence-corrected chi connectivity index (χ0v) is 26.0. The van der Waals surface area contributed by atoms with Crippen molar-refractivity contribution in [3.05, 3.63) is 58.9 Å². The molecule has 0 radical (unpaired) electrons. The van der Waals surface area contributed by atoms with E-state index in [9.17, 15) is 19.2 Å². The van der Waals surface area contributed by atoms with Gasteiger partial charge < -0.3 is 40.7 Å². The standard InChI is InChI=1S/C34H40N6O6/c1-3-9-35-21-13-25-23-11-19(37-17-41)5-7-27(23)39-31(25)29(15-21)45-33(43)34(44)46-30-16-22(36-10-4-2)14-26-24-12-20(38-18-42)6-8-28(24)40-32(26)30/h5-8,11-12,17-18,21-22,29-30,35-36,39-40H,3-4,9-10,13-16H2,1-2H3,(H,37,41)(H,38,42). The van der Waals surface area contributed by atoms with E-state index in [0.717, 1.165) is 70.3 Å². The summed E-state index contributed by atoms with van der Waals surface area (Å²) >= 11 is 0. The molecule has 2 amide bonds. The van der Waals surface area contributed by atoms with Crippen LogP contribution in [0.15, 0.2) is 36.4 Å². The van der Waals surface area contributed by atoms with Crippen LogP contribution in [0.25, 0.3) is 21.8 Å². The van der Waals surface area contributed by atoms with E-state index in [1.54, 1.807) is 12.1 Å². The molecule has 242 valence electrons. The van der Waals surface area contributed by atoms with Crippen molar-refractivity contribution in [2.24, 2.45) is 0 Å². The molecule has 0 saturated heterocycles. The smallest absolute Gasteiger partial charge is 0.418 e. The molecule has 0 aliphatic heterocycles. The summed E-state index contributed by atoms with van der Waals surface area (Å²) in [5.74, 6) is -2.10. The average Bonchev–Trinajstić information content (AvgIpc) is 3.61. The Morgan fingerprint density at radius 2 is 1.17 bits per heavy atom. The zero-order chi connectivity index (χ0) is 32.2. The highest BCUT2D eigenvalue weighted by Crippen LogP contribution is 2.40. The number of H-pyrrole nitrogens is 2. The lowest BCUT2D eigenvalue weighted by molar-refractivity contribution is -0.176. The molecule has 0 fully saturated rings. The largest absolute Gasteiger partial charge is 0.447 e. The van der Waals surface area contributed by atoms with Crippen LogP contribution in [0.4, 0.5) is 11.4 Å². The summed E-state index contributed by atoms with van der Waals surface area (Å²) in [4.78, 5) is 55.6. The third-order valence-corrected chi connectivity index (χ3v) is 8.90. The van der Waals surface area contributed by atoms with Crippen molar-refractivity contribution in [2.45, 2.75) is 76.7 Å². The number of carbonyl (C=O) groups excluding carboxylic acids is 4. The van der Waals surface area contributed by atoms with Gasteiger partial charge in [-0.3, -0.25) is 9.59 Å². The highest BCUT2D eigenvalue weighted by molar-refractivity contribution is 6.29. The Morgan fingerprint density at radius 3 is 1.57 bits per heavy atom. The molecule has 12 heteroatoms. The minimum Gasteiger partial charge on any atom is -0.447 e. The van der Waals surface area contributed by atoms with E-state index in [-0.39, 0.29) is 12.1 Å². The number of amides is 2. The first-order valence-corrected chi connectivity index (χ1v) is 16.0. The van der Waals surface area contributed by atoms with E-state index in [4.69, 9.17) is 9.47 Å². The van der Waals surface area contributed by atoms with Crippen LogP contribution < -0.4 is 21.3 Å². The summed E-state index contributed by atoms with van der Waals surface area (Å²) in [7, 11) is 0. The SMILES string of the molecule is CCCNC1Cc2c([nH]c3ccc(NC=O)cc23)C(OC(=O)C(=O)OC2CC(NCCC)Cc3c2[nH]c2ccc(NC=O)cc32)C1. The fourth-order valence-electron chi connectivity index (χ4n) is 6.83. The molecular weight excluding hydrogens is 588 g/mol. The van der Waals surface area contributed by atoms with Crippen LogP contribution in [0.2, 0.25) is 0 Å². The van der Waals surface area contributed by atoms with E-state index in [2.05, 4.69) is 45.1 Å². The van der Waals surface area contributed by atoms with Crippen LogP contribution in [0, 0.1) is 0 Å². The van der Waals surface area contributed by atoms with Gasteiger partial charge in [-0.05, 0) is 86.3 Å². The van der Waals surface area contributed by atoms with Crippen LogP contribution in [-0.2, 0) is 41.5 Å². The van der Waals surface area contributed by atoms with E-state index < -0.39 is 24.1 Å². The Balaban J connectivity index is 1.24. The number of aromatic nitrogens is 2. The summed E-state index contributed by atoms with van der Waals surface area (Å²) in [5, 5.41) is 14.3. The molecule has 0 saturated carbocycles. The first kappa shape index (κ1) is 31.3. The molecule has 46 heavy (non-hydrogen) atoms.